The summed E-state index contributed by atoms with van der Waals surface area (Å²) in [6, 6.07) is 11.3. The molecule has 0 unspecified atom stereocenters. The number of rotatable bonds is 5. The summed E-state index contributed by atoms with van der Waals surface area (Å²) in [6.07, 6.45) is 2.72. The number of halogens is 1. The van der Waals surface area contributed by atoms with Crippen LogP contribution in [0.3, 0.4) is 0 Å². The number of amides is 1. The monoisotopic (exact) mass is 294 g/mol. The second-order valence-electron chi connectivity index (χ2n) is 4.53. The van der Waals surface area contributed by atoms with Crippen LogP contribution < -0.4 is 5.73 Å². The predicted molar refractivity (Wildman–Crippen MR) is 81.6 cm³/mol. The van der Waals surface area contributed by atoms with E-state index in [9.17, 15) is 4.79 Å². The molecule has 0 fully saturated rings. The van der Waals surface area contributed by atoms with Crippen LogP contribution in [0.15, 0.2) is 47.1 Å². The topological polar surface area (TPSA) is 59.5 Å². The van der Waals surface area contributed by atoms with Gasteiger partial charge >= 0.3 is 0 Å². The number of hydrogen-bond acceptors (Lipinski definition) is 3. The fraction of sp³-hybridized carbons (Fsp3) is 0.267. The Bertz CT molecular complexity index is 541. The molecule has 2 aromatic rings. The minimum absolute atomic E-state index is 0. The van der Waals surface area contributed by atoms with Gasteiger partial charge in [0.1, 0.15) is 5.76 Å². The van der Waals surface area contributed by atoms with Crippen molar-refractivity contribution in [1.29, 1.82) is 0 Å². The average molecular weight is 295 g/mol. The average Bonchev–Trinajstić information content (AvgIpc) is 2.90. The first-order valence-electron chi connectivity index (χ1n) is 6.26. The number of carbonyl (C=O) groups is 1. The van der Waals surface area contributed by atoms with Crippen LogP contribution in [-0.4, -0.2) is 17.9 Å². The molecule has 5 heteroatoms. The summed E-state index contributed by atoms with van der Waals surface area (Å²) < 4.78 is 5.22. The highest BCUT2D eigenvalue weighted by atomic mass is 35.5. The first kappa shape index (κ1) is 16.1. The van der Waals surface area contributed by atoms with E-state index >= 15 is 0 Å². The quantitative estimate of drug-likeness (QED) is 0.863. The van der Waals surface area contributed by atoms with Crippen molar-refractivity contribution in [3.05, 3.63) is 54.0 Å². The van der Waals surface area contributed by atoms with E-state index < -0.39 is 0 Å². The van der Waals surface area contributed by atoms with Gasteiger partial charge in [-0.25, -0.2) is 0 Å². The Hall–Kier alpha value is -1.94. The first-order chi connectivity index (χ1) is 9.16. The molecule has 1 heterocycles. The Labute approximate surface area is 125 Å². The second-order valence-corrected chi connectivity index (χ2v) is 4.53. The van der Waals surface area contributed by atoms with Crippen molar-refractivity contribution in [2.75, 3.05) is 12.8 Å². The normalized spacial score (nSPS) is 9.85. The number of aryl methyl sites for hydroxylation is 1. The number of nitrogens with two attached hydrogens (primary N) is 1. The van der Waals surface area contributed by atoms with E-state index in [4.69, 9.17) is 10.2 Å². The van der Waals surface area contributed by atoms with E-state index in [1.54, 1.807) is 18.2 Å². The number of nitrogen functional groups attached to an aromatic ring is 1. The van der Waals surface area contributed by atoms with Gasteiger partial charge < -0.3 is 15.1 Å². The van der Waals surface area contributed by atoms with Gasteiger partial charge in [0.25, 0.3) is 0 Å². The molecule has 0 saturated heterocycles. The van der Waals surface area contributed by atoms with Crippen molar-refractivity contribution < 1.29 is 9.21 Å². The van der Waals surface area contributed by atoms with Gasteiger partial charge in [0.2, 0.25) is 5.91 Å². The first-order valence-corrected chi connectivity index (χ1v) is 6.26. The zero-order valence-electron chi connectivity index (χ0n) is 11.4. The van der Waals surface area contributed by atoms with Crippen molar-refractivity contribution in [2.24, 2.45) is 0 Å². The minimum Gasteiger partial charge on any atom is -0.467 e. The lowest BCUT2D eigenvalue weighted by Crippen LogP contribution is -2.26. The molecule has 0 aliphatic carbocycles. The molecule has 2 rings (SSSR count). The van der Waals surface area contributed by atoms with Crippen LogP contribution in [0.1, 0.15) is 17.7 Å². The summed E-state index contributed by atoms with van der Waals surface area (Å²) in [4.78, 5) is 13.7. The lowest BCUT2D eigenvalue weighted by molar-refractivity contribution is -0.130. The molecule has 0 bridgehead atoms. The van der Waals surface area contributed by atoms with E-state index in [1.807, 2.05) is 36.4 Å². The standard InChI is InChI=1S/C15H18N2O2.ClH/c1-17(11-13-6-4-10-19-13)15(18)9-8-12-5-2-3-7-14(12)16;/h2-7,10H,8-9,11,16H2,1H3;1H. The second kappa shape index (κ2) is 7.60. The fourth-order valence-electron chi connectivity index (χ4n) is 1.92. The smallest absolute Gasteiger partial charge is 0.223 e. The van der Waals surface area contributed by atoms with Crippen LogP contribution in [0, 0.1) is 0 Å². The van der Waals surface area contributed by atoms with Gasteiger partial charge in [-0.3, -0.25) is 4.79 Å². The summed E-state index contributed by atoms with van der Waals surface area (Å²) in [5, 5.41) is 0. The van der Waals surface area contributed by atoms with Crippen molar-refractivity contribution >= 4 is 24.0 Å². The van der Waals surface area contributed by atoms with Gasteiger partial charge in [-0.2, -0.15) is 0 Å². The summed E-state index contributed by atoms with van der Waals surface area (Å²) in [5.74, 6) is 0.870. The van der Waals surface area contributed by atoms with Gasteiger partial charge in [0, 0.05) is 19.2 Å². The van der Waals surface area contributed by atoms with Gasteiger partial charge in [-0.15, -0.1) is 12.4 Å². The summed E-state index contributed by atoms with van der Waals surface area (Å²) in [5.41, 5.74) is 7.61. The predicted octanol–water partition coefficient (Wildman–Crippen LogP) is 2.87. The Balaban J connectivity index is 0.00000200. The van der Waals surface area contributed by atoms with Gasteiger partial charge in [-0.05, 0) is 30.2 Å². The maximum atomic E-state index is 12.0. The van der Waals surface area contributed by atoms with Crippen LogP contribution >= 0.6 is 12.4 Å². The third-order valence-electron chi connectivity index (χ3n) is 3.06. The zero-order chi connectivity index (χ0) is 13.7. The molecule has 1 aromatic heterocycles. The minimum atomic E-state index is 0. The van der Waals surface area contributed by atoms with E-state index in [1.165, 1.54) is 0 Å². The number of furan rings is 1. The third kappa shape index (κ3) is 4.31. The molecular formula is C15H19ClN2O2. The highest BCUT2D eigenvalue weighted by Crippen LogP contribution is 2.13. The Kier molecular flexibility index (Phi) is 6.12. The number of nitrogens with zero attached hydrogens (tertiary/aromatic N) is 1. The molecule has 0 aliphatic heterocycles. The van der Waals surface area contributed by atoms with Crippen LogP contribution in [0.4, 0.5) is 5.69 Å². The van der Waals surface area contributed by atoms with Crippen molar-refractivity contribution in [3.63, 3.8) is 0 Å². The van der Waals surface area contributed by atoms with Gasteiger partial charge in [0.15, 0.2) is 0 Å². The molecule has 4 nitrogen and oxygen atoms in total. The summed E-state index contributed by atoms with van der Waals surface area (Å²) in [7, 11) is 1.78. The molecule has 0 atom stereocenters. The van der Waals surface area contributed by atoms with E-state index in [0.29, 0.717) is 19.4 Å². The molecule has 0 radical (unpaired) electrons. The largest absolute Gasteiger partial charge is 0.467 e. The number of benzene rings is 1. The summed E-state index contributed by atoms with van der Waals surface area (Å²) >= 11 is 0. The zero-order valence-corrected chi connectivity index (χ0v) is 12.2. The maximum Gasteiger partial charge on any atom is 0.223 e. The van der Waals surface area contributed by atoms with Crippen molar-refractivity contribution in [1.82, 2.24) is 4.90 Å². The number of para-hydroxylation sites is 1. The van der Waals surface area contributed by atoms with Crippen LogP contribution in [0.5, 0.6) is 0 Å². The molecule has 1 aromatic carbocycles. The highest BCUT2D eigenvalue weighted by molar-refractivity contribution is 5.85. The molecule has 0 saturated carbocycles. The number of carbonyl (C=O) groups excluding carboxylic acids is 1. The lowest BCUT2D eigenvalue weighted by Gasteiger charge is -2.16. The lowest BCUT2D eigenvalue weighted by atomic mass is 10.1. The third-order valence-corrected chi connectivity index (χ3v) is 3.06. The van der Waals surface area contributed by atoms with Gasteiger partial charge in [-0.1, -0.05) is 18.2 Å². The molecule has 20 heavy (non-hydrogen) atoms. The van der Waals surface area contributed by atoms with E-state index in [2.05, 4.69) is 0 Å². The van der Waals surface area contributed by atoms with Crippen molar-refractivity contribution in [2.45, 2.75) is 19.4 Å². The number of anilines is 1. The Morgan fingerprint density at radius 3 is 2.65 bits per heavy atom. The molecule has 0 spiro atoms. The SMILES string of the molecule is CN(Cc1ccco1)C(=O)CCc1ccccc1N.Cl. The maximum absolute atomic E-state index is 12.0. The highest BCUT2D eigenvalue weighted by Gasteiger charge is 2.11. The Morgan fingerprint density at radius 1 is 1.25 bits per heavy atom. The molecular weight excluding hydrogens is 276 g/mol. The molecule has 1 amide bonds. The van der Waals surface area contributed by atoms with E-state index in [0.717, 1.165) is 17.0 Å². The van der Waals surface area contributed by atoms with Crippen LogP contribution in [0.25, 0.3) is 0 Å². The molecule has 2 N–H and O–H groups in total. The fourth-order valence-corrected chi connectivity index (χ4v) is 1.92. The Morgan fingerprint density at radius 2 is 2.00 bits per heavy atom. The van der Waals surface area contributed by atoms with Crippen molar-refractivity contribution in [3.8, 4) is 0 Å². The summed E-state index contributed by atoms with van der Waals surface area (Å²) in [6.45, 7) is 0.496. The van der Waals surface area contributed by atoms with Crippen LogP contribution in [-0.2, 0) is 17.8 Å². The molecule has 0 aliphatic rings. The number of hydrogen-bond donors (Lipinski definition) is 1. The molecule has 108 valence electrons. The van der Waals surface area contributed by atoms with E-state index in [-0.39, 0.29) is 18.3 Å². The van der Waals surface area contributed by atoms with Crippen LogP contribution in [0.2, 0.25) is 0 Å². The van der Waals surface area contributed by atoms with Gasteiger partial charge in [0.05, 0.1) is 12.8 Å².